The van der Waals surface area contributed by atoms with Crippen molar-refractivity contribution in [1.29, 1.82) is 0 Å². The second kappa shape index (κ2) is 5.74. The number of aryl methyl sites for hydroxylation is 1. The number of hydrogen-bond acceptors (Lipinski definition) is 2. The maximum atomic E-state index is 15.2. The zero-order valence-corrected chi connectivity index (χ0v) is 12.9. The molecule has 1 aromatic heterocycles. The third-order valence-corrected chi connectivity index (χ3v) is 4.67. The van der Waals surface area contributed by atoms with E-state index in [2.05, 4.69) is 0 Å². The summed E-state index contributed by atoms with van der Waals surface area (Å²) in [5.41, 5.74) is -1.40. The molecular weight excluding hydrogens is 285 g/mol. The van der Waals surface area contributed by atoms with Crippen LogP contribution >= 0.6 is 0 Å². The van der Waals surface area contributed by atoms with Crippen molar-refractivity contribution in [3.8, 4) is 0 Å². The van der Waals surface area contributed by atoms with Gasteiger partial charge in [0.1, 0.15) is 5.69 Å². The fraction of sp³-hybridized carbons (Fsp3) is 0.625. The average molecular weight is 307 g/mol. The molecule has 2 amide bonds. The van der Waals surface area contributed by atoms with E-state index in [0.717, 1.165) is 12.8 Å². The second-order valence-corrected chi connectivity index (χ2v) is 6.30. The molecular formula is C16H22FN3O2. The molecule has 1 aromatic rings. The molecule has 0 aromatic carbocycles. The molecule has 22 heavy (non-hydrogen) atoms. The van der Waals surface area contributed by atoms with Gasteiger partial charge in [0, 0.05) is 32.9 Å². The molecule has 0 saturated carbocycles. The van der Waals surface area contributed by atoms with Crippen LogP contribution in [0.25, 0.3) is 0 Å². The van der Waals surface area contributed by atoms with Crippen molar-refractivity contribution < 1.29 is 14.0 Å². The zero-order chi connectivity index (χ0) is 15.7. The molecule has 0 radical (unpaired) electrons. The summed E-state index contributed by atoms with van der Waals surface area (Å²) in [6.07, 6.45) is 4.39. The minimum absolute atomic E-state index is 0.133. The van der Waals surface area contributed by atoms with Crippen LogP contribution in [0.4, 0.5) is 4.39 Å². The third kappa shape index (κ3) is 2.62. The lowest BCUT2D eigenvalue weighted by molar-refractivity contribution is -0.146. The summed E-state index contributed by atoms with van der Waals surface area (Å²) in [4.78, 5) is 28.1. The molecule has 3 heterocycles. The Morgan fingerprint density at radius 1 is 1.14 bits per heavy atom. The molecule has 0 bridgehead atoms. The van der Waals surface area contributed by atoms with Crippen molar-refractivity contribution >= 4 is 11.8 Å². The highest BCUT2D eigenvalue weighted by molar-refractivity contribution is 5.94. The van der Waals surface area contributed by atoms with Crippen LogP contribution < -0.4 is 0 Å². The number of piperidine rings is 1. The van der Waals surface area contributed by atoms with E-state index in [1.807, 2.05) is 0 Å². The number of hydrogen-bond donors (Lipinski definition) is 0. The van der Waals surface area contributed by atoms with Crippen molar-refractivity contribution in [1.82, 2.24) is 14.4 Å². The van der Waals surface area contributed by atoms with Gasteiger partial charge in [-0.25, -0.2) is 4.39 Å². The van der Waals surface area contributed by atoms with E-state index in [1.165, 1.54) is 4.90 Å². The Kier molecular flexibility index (Phi) is 3.93. The predicted molar refractivity (Wildman–Crippen MR) is 80.2 cm³/mol. The number of halogens is 1. The SMILES string of the molecule is Cn1cccc1C(=O)N1CCCC(F)(C(=O)N2CCCC2)C1. The highest BCUT2D eigenvalue weighted by atomic mass is 19.1. The van der Waals surface area contributed by atoms with Crippen LogP contribution in [-0.2, 0) is 11.8 Å². The van der Waals surface area contributed by atoms with Crippen LogP contribution in [-0.4, -0.2) is 58.0 Å². The topological polar surface area (TPSA) is 45.6 Å². The largest absolute Gasteiger partial charge is 0.347 e. The molecule has 1 atom stereocenters. The monoisotopic (exact) mass is 307 g/mol. The van der Waals surface area contributed by atoms with E-state index in [4.69, 9.17) is 0 Å². The fourth-order valence-corrected chi connectivity index (χ4v) is 3.41. The number of amides is 2. The Balaban J connectivity index is 1.74. The maximum absolute atomic E-state index is 15.2. The van der Waals surface area contributed by atoms with Crippen LogP contribution in [0, 0.1) is 0 Å². The molecule has 2 saturated heterocycles. The van der Waals surface area contributed by atoms with E-state index in [-0.39, 0.29) is 18.9 Å². The summed E-state index contributed by atoms with van der Waals surface area (Å²) in [5, 5.41) is 0. The van der Waals surface area contributed by atoms with Gasteiger partial charge in [-0.05, 0) is 37.8 Å². The van der Waals surface area contributed by atoms with Crippen molar-refractivity contribution in [3.63, 3.8) is 0 Å². The van der Waals surface area contributed by atoms with Gasteiger partial charge < -0.3 is 14.4 Å². The quantitative estimate of drug-likeness (QED) is 0.833. The van der Waals surface area contributed by atoms with Crippen LogP contribution in [0.2, 0.25) is 0 Å². The first-order valence-corrected chi connectivity index (χ1v) is 7.90. The van der Waals surface area contributed by atoms with Crippen LogP contribution in [0.1, 0.15) is 36.2 Å². The molecule has 1 unspecified atom stereocenters. The summed E-state index contributed by atoms with van der Waals surface area (Å²) in [7, 11) is 1.79. The lowest BCUT2D eigenvalue weighted by Crippen LogP contribution is -2.56. The van der Waals surface area contributed by atoms with Gasteiger partial charge in [0.15, 0.2) is 0 Å². The molecule has 0 spiro atoms. The van der Waals surface area contributed by atoms with E-state index >= 15 is 4.39 Å². The predicted octanol–water partition coefficient (Wildman–Crippen LogP) is 1.59. The molecule has 6 heteroatoms. The first kappa shape index (κ1) is 15.1. The minimum atomic E-state index is -1.93. The van der Waals surface area contributed by atoms with Crippen LogP contribution in [0.5, 0.6) is 0 Å². The first-order valence-electron chi connectivity index (χ1n) is 7.90. The van der Waals surface area contributed by atoms with E-state index < -0.39 is 11.6 Å². The van der Waals surface area contributed by atoms with Gasteiger partial charge in [-0.15, -0.1) is 0 Å². The third-order valence-electron chi connectivity index (χ3n) is 4.67. The lowest BCUT2D eigenvalue weighted by Gasteiger charge is -2.38. The zero-order valence-electron chi connectivity index (χ0n) is 12.9. The Labute approximate surface area is 129 Å². The number of aromatic nitrogens is 1. The Bertz CT molecular complexity index is 580. The van der Waals surface area contributed by atoms with Crippen molar-refractivity contribution in [2.45, 2.75) is 31.4 Å². The molecule has 120 valence electrons. The van der Waals surface area contributed by atoms with Crippen molar-refractivity contribution in [2.24, 2.45) is 7.05 Å². The highest BCUT2D eigenvalue weighted by Gasteiger charge is 2.46. The number of nitrogens with zero attached hydrogens (tertiary/aromatic N) is 3. The Morgan fingerprint density at radius 3 is 2.45 bits per heavy atom. The molecule has 3 rings (SSSR count). The number of carbonyl (C=O) groups is 2. The van der Waals surface area contributed by atoms with Crippen molar-refractivity contribution in [3.05, 3.63) is 24.0 Å². The Morgan fingerprint density at radius 2 is 1.82 bits per heavy atom. The van der Waals surface area contributed by atoms with E-state index in [9.17, 15) is 9.59 Å². The normalized spacial score (nSPS) is 25.5. The van der Waals surface area contributed by atoms with Gasteiger partial charge in [-0.1, -0.05) is 0 Å². The second-order valence-electron chi connectivity index (χ2n) is 6.30. The number of carbonyl (C=O) groups excluding carboxylic acids is 2. The van der Waals surface area contributed by atoms with Gasteiger partial charge in [0.05, 0.1) is 6.54 Å². The smallest absolute Gasteiger partial charge is 0.270 e. The number of rotatable bonds is 2. The summed E-state index contributed by atoms with van der Waals surface area (Å²) >= 11 is 0. The summed E-state index contributed by atoms with van der Waals surface area (Å²) in [6.45, 7) is 1.64. The molecule has 2 aliphatic rings. The average Bonchev–Trinajstić information content (AvgIpc) is 3.17. The number of alkyl halides is 1. The highest BCUT2D eigenvalue weighted by Crippen LogP contribution is 2.29. The molecule has 2 aliphatic heterocycles. The van der Waals surface area contributed by atoms with E-state index in [0.29, 0.717) is 31.7 Å². The van der Waals surface area contributed by atoms with Gasteiger partial charge in [-0.3, -0.25) is 9.59 Å². The Hall–Kier alpha value is -1.85. The fourth-order valence-electron chi connectivity index (χ4n) is 3.41. The number of likely N-dealkylation sites (tertiary alicyclic amines) is 2. The first-order chi connectivity index (χ1) is 10.5. The summed E-state index contributed by atoms with van der Waals surface area (Å²) in [6, 6.07) is 3.51. The molecule has 2 fully saturated rings. The van der Waals surface area contributed by atoms with Gasteiger partial charge >= 0.3 is 0 Å². The van der Waals surface area contributed by atoms with Crippen LogP contribution in [0.3, 0.4) is 0 Å². The molecule has 0 N–H and O–H groups in total. The van der Waals surface area contributed by atoms with Gasteiger partial charge in [0.2, 0.25) is 5.67 Å². The van der Waals surface area contributed by atoms with Crippen LogP contribution in [0.15, 0.2) is 18.3 Å². The molecule has 0 aliphatic carbocycles. The van der Waals surface area contributed by atoms with E-state index in [1.54, 1.807) is 34.8 Å². The van der Waals surface area contributed by atoms with Crippen molar-refractivity contribution in [2.75, 3.05) is 26.2 Å². The minimum Gasteiger partial charge on any atom is -0.347 e. The maximum Gasteiger partial charge on any atom is 0.270 e. The standard InChI is InChI=1S/C16H22FN3O2/c1-18-8-4-6-13(18)14(21)20-11-5-7-16(17,12-20)15(22)19-9-2-3-10-19/h4,6,8H,2-3,5,7,9-12H2,1H3. The van der Waals surface area contributed by atoms with Gasteiger partial charge in [-0.2, -0.15) is 0 Å². The molecule has 5 nitrogen and oxygen atoms in total. The summed E-state index contributed by atoms with van der Waals surface area (Å²) < 4.78 is 16.9. The summed E-state index contributed by atoms with van der Waals surface area (Å²) in [5.74, 6) is -0.641. The van der Waals surface area contributed by atoms with Gasteiger partial charge in [0.25, 0.3) is 11.8 Å². The lowest BCUT2D eigenvalue weighted by atomic mass is 9.93.